The van der Waals surface area contributed by atoms with Crippen molar-refractivity contribution >= 4 is 0 Å². The molecular formula is C17H29FN2. The molecule has 0 aliphatic carbocycles. The van der Waals surface area contributed by atoms with Gasteiger partial charge in [-0.2, -0.15) is 0 Å². The summed E-state index contributed by atoms with van der Waals surface area (Å²) in [5.41, 5.74) is 3.42. The number of hydrogen-bond acceptors (Lipinski definition) is 2. The van der Waals surface area contributed by atoms with Crippen molar-refractivity contribution in [2.24, 2.45) is 5.84 Å². The summed E-state index contributed by atoms with van der Waals surface area (Å²) in [6, 6.07) is 6.80. The van der Waals surface area contributed by atoms with Gasteiger partial charge in [0.15, 0.2) is 0 Å². The number of nitrogens with two attached hydrogens (primary N) is 1. The Labute approximate surface area is 122 Å². The molecule has 1 unspecified atom stereocenters. The van der Waals surface area contributed by atoms with Crippen LogP contribution < -0.4 is 11.3 Å². The summed E-state index contributed by atoms with van der Waals surface area (Å²) < 4.78 is 13.7. The lowest BCUT2D eigenvalue weighted by molar-refractivity contribution is 0.456. The van der Waals surface area contributed by atoms with Crippen LogP contribution >= 0.6 is 0 Å². The van der Waals surface area contributed by atoms with Crippen molar-refractivity contribution in [1.82, 2.24) is 5.43 Å². The fraction of sp³-hybridized carbons (Fsp3) is 0.647. The van der Waals surface area contributed by atoms with Gasteiger partial charge < -0.3 is 0 Å². The van der Waals surface area contributed by atoms with E-state index >= 15 is 0 Å². The van der Waals surface area contributed by atoms with Gasteiger partial charge in [0.25, 0.3) is 0 Å². The third kappa shape index (κ3) is 6.49. The summed E-state index contributed by atoms with van der Waals surface area (Å²) in [4.78, 5) is 0. The first-order chi connectivity index (χ1) is 9.79. The van der Waals surface area contributed by atoms with Crippen LogP contribution in [0.5, 0.6) is 0 Å². The summed E-state index contributed by atoms with van der Waals surface area (Å²) in [5, 5.41) is 0. The van der Waals surface area contributed by atoms with Crippen LogP contribution in [0.4, 0.5) is 4.39 Å². The first kappa shape index (κ1) is 17.1. The van der Waals surface area contributed by atoms with Gasteiger partial charge in [0.05, 0.1) is 0 Å². The molecule has 0 saturated carbocycles. The minimum atomic E-state index is -0.171. The lowest BCUT2D eigenvalue weighted by Crippen LogP contribution is -2.28. The van der Waals surface area contributed by atoms with Crippen LogP contribution in [0.1, 0.15) is 76.3 Å². The van der Waals surface area contributed by atoms with Crippen molar-refractivity contribution in [3.8, 4) is 0 Å². The van der Waals surface area contributed by atoms with E-state index in [1.165, 1.54) is 51.0 Å². The molecule has 0 spiro atoms. The van der Waals surface area contributed by atoms with Crippen LogP contribution in [0.2, 0.25) is 0 Å². The fourth-order valence-corrected chi connectivity index (χ4v) is 2.57. The monoisotopic (exact) mass is 280 g/mol. The van der Waals surface area contributed by atoms with E-state index in [-0.39, 0.29) is 11.9 Å². The van der Waals surface area contributed by atoms with Gasteiger partial charge >= 0.3 is 0 Å². The van der Waals surface area contributed by atoms with Crippen molar-refractivity contribution in [2.45, 2.75) is 70.8 Å². The highest BCUT2D eigenvalue weighted by Crippen LogP contribution is 2.22. The van der Waals surface area contributed by atoms with Gasteiger partial charge in [-0.05, 0) is 12.5 Å². The molecule has 3 heteroatoms. The first-order valence-electron chi connectivity index (χ1n) is 8.00. The van der Waals surface area contributed by atoms with Gasteiger partial charge in [-0.15, -0.1) is 0 Å². The van der Waals surface area contributed by atoms with Gasteiger partial charge in [-0.3, -0.25) is 11.3 Å². The van der Waals surface area contributed by atoms with Gasteiger partial charge in [-0.1, -0.05) is 76.5 Å². The zero-order chi connectivity index (χ0) is 14.6. The lowest BCUT2D eigenvalue weighted by atomic mass is 9.99. The first-order valence-corrected chi connectivity index (χ1v) is 8.00. The van der Waals surface area contributed by atoms with Crippen LogP contribution in [0.25, 0.3) is 0 Å². The lowest BCUT2D eigenvalue weighted by Gasteiger charge is -2.16. The summed E-state index contributed by atoms with van der Waals surface area (Å²) >= 11 is 0. The minimum absolute atomic E-state index is 0.0729. The molecular weight excluding hydrogens is 251 g/mol. The number of unbranched alkanes of at least 4 members (excludes halogenated alkanes) is 7. The smallest absolute Gasteiger partial charge is 0.128 e. The third-order valence-electron chi connectivity index (χ3n) is 3.83. The largest absolute Gasteiger partial charge is 0.271 e. The topological polar surface area (TPSA) is 38.0 Å². The number of nitrogens with one attached hydrogen (secondary N) is 1. The van der Waals surface area contributed by atoms with Gasteiger partial charge in [0.1, 0.15) is 5.82 Å². The number of hydrazine groups is 1. The highest BCUT2D eigenvalue weighted by Gasteiger charge is 2.12. The summed E-state index contributed by atoms with van der Waals surface area (Å²) in [6.45, 7) is 2.24. The van der Waals surface area contributed by atoms with Gasteiger partial charge in [0, 0.05) is 11.6 Å². The number of hydrogen-bond donors (Lipinski definition) is 2. The standard InChI is InChI=1S/C17H29FN2/c1-2-3-4-5-6-7-8-9-14-17(20-19)15-12-10-11-13-16(15)18/h10-13,17,20H,2-9,14,19H2,1H3. The SMILES string of the molecule is CCCCCCCCCCC(NN)c1ccccc1F. The normalized spacial score (nSPS) is 12.6. The van der Waals surface area contributed by atoms with Crippen molar-refractivity contribution < 1.29 is 4.39 Å². The second-order valence-electron chi connectivity index (χ2n) is 5.50. The Morgan fingerprint density at radius 1 is 1.00 bits per heavy atom. The molecule has 1 aromatic rings. The van der Waals surface area contributed by atoms with Crippen LogP contribution in [-0.2, 0) is 0 Å². The van der Waals surface area contributed by atoms with Gasteiger partial charge in [-0.25, -0.2) is 4.39 Å². The molecule has 3 N–H and O–H groups in total. The maximum atomic E-state index is 13.7. The summed E-state index contributed by atoms with van der Waals surface area (Å²) in [7, 11) is 0. The van der Waals surface area contributed by atoms with E-state index in [1.54, 1.807) is 6.07 Å². The molecule has 0 aliphatic rings. The molecule has 0 aromatic heterocycles. The van der Waals surface area contributed by atoms with Crippen LogP contribution in [0.3, 0.4) is 0 Å². The number of benzene rings is 1. The molecule has 114 valence electrons. The Hall–Kier alpha value is -0.930. The van der Waals surface area contributed by atoms with Crippen LogP contribution in [0.15, 0.2) is 24.3 Å². The minimum Gasteiger partial charge on any atom is -0.271 e. The molecule has 1 aromatic carbocycles. The van der Waals surface area contributed by atoms with Crippen LogP contribution in [0, 0.1) is 5.82 Å². The predicted octanol–water partition coefficient (Wildman–Crippen LogP) is 4.86. The van der Waals surface area contributed by atoms with Crippen molar-refractivity contribution in [1.29, 1.82) is 0 Å². The number of halogens is 1. The van der Waals surface area contributed by atoms with E-state index < -0.39 is 0 Å². The molecule has 0 heterocycles. The summed E-state index contributed by atoms with van der Waals surface area (Å²) in [5.74, 6) is 5.38. The van der Waals surface area contributed by atoms with E-state index in [4.69, 9.17) is 5.84 Å². The molecule has 0 bridgehead atoms. The molecule has 1 rings (SSSR count). The average Bonchev–Trinajstić information content (AvgIpc) is 2.47. The molecule has 0 amide bonds. The molecule has 0 fully saturated rings. The average molecular weight is 280 g/mol. The maximum Gasteiger partial charge on any atom is 0.128 e. The highest BCUT2D eigenvalue weighted by molar-refractivity contribution is 5.20. The fourth-order valence-electron chi connectivity index (χ4n) is 2.57. The zero-order valence-corrected chi connectivity index (χ0v) is 12.7. The Bertz CT molecular complexity index is 355. The zero-order valence-electron chi connectivity index (χ0n) is 12.7. The Morgan fingerprint density at radius 2 is 1.60 bits per heavy atom. The Balaban J connectivity index is 2.18. The van der Waals surface area contributed by atoms with E-state index in [0.29, 0.717) is 5.56 Å². The molecule has 0 aliphatic heterocycles. The van der Waals surface area contributed by atoms with Crippen LogP contribution in [-0.4, -0.2) is 0 Å². The van der Waals surface area contributed by atoms with Gasteiger partial charge in [0.2, 0.25) is 0 Å². The van der Waals surface area contributed by atoms with E-state index in [1.807, 2.05) is 12.1 Å². The molecule has 2 nitrogen and oxygen atoms in total. The summed E-state index contributed by atoms with van der Waals surface area (Å²) in [6.07, 6.45) is 11.2. The van der Waals surface area contributed by atoms with E-state index in [9.17, 15) is 4.39 Å². The number of rotatable bonds is 11. The quantitative estimate of drug-likeness (QED) is 0.345. The second-order valence-corrected chi connectivity index (χ2v) is 5.50. The maximum absolute atomic E-state index is 13.7. The molecule has 0 saturated heterocycles. The van der Waals surface area contributed by atoms with E-state index in [2.05, 4.69) is 12.3 Å². The Morgan fingerprint density at radius 3 is 2.20 bits per heavy atom. The molecule has 20 heavy (non-hydrogen) atoms. The highest BCUT2D eigenvalue weighted by atomic mass is 19.1. The third-order valence-corrected chi connectivity index (χ3v) is 3.83. The molecule has 1 atom stereocenters. The molecule has 0 radical (unpaired) electrons. The second kappa shape index (κ2) is 10.8. The van der Waals surface area contributed by atoms with E-state index in [0.717, 1.165) is 12.8 Å². The van der Waals surface area contributed by atoms with Crippen molar-refractivity contribution in [3.63, 3.8) is 0 Å². The van der Waals surface area contributed by atoms with Crippen molar-refractivity contribution in [3.05, 3.63) is 35.6 Å². The predicted molar refractivity (Wildman–Crippen MR) is 83.7 cm³/mol. The van der Waals surface area contributed by atoms with Crippen molar-refractivity contribution in [2.75, 3.05) is 0 Å². The Kier molecular flexibility index (Phi) is 9.25.